The van der Waals surface area contributed by atoms with Gasteiger partial charge in [0.1, 0.15) is 12.1 Å². The standard InChI is InChI=1S/C14H9N3O/c1-2-4-11-10(3-1)13-12(7-15-11)16-14(17-13)9-5-6-18-8-9/h1-8H,(H,16,17). The molecule has 0 unspecified atom stereocenters. The van der Waals surface area contributed by atoms with Crippen molar-refractivity contribution in [1.29, 1.82) is 0 Å². The molecule has 0 saturated carbocycles. The number of pyridine rings is 1. The van der Waals surface area contributed by atoms with Crippen LogP contribution >= 0.6 is 0 Å². The zero-order chi connectivity index (χ0) is 11.9. The molecule has 18 heavy (non-hydrogen) atoms. The second kappa shape index (κ2) is 3.43. The van der Waals surface area contributed by atoms with E-state index in [1.807, 2.05) is 36.5 Å². The van der Waals surface area contributed by atoms with Gasteiger partial charge in [0.05, 0.1) is 34.6 Å². The fourth-order valence-corrected chi connectivity index (χ4v) is 2.14. The zero-order valence-electron chi connectivity index (χ0n) is 9.42. The van der Waals surface area contributed by atoms with Crippen LogP contribution in [0.5, 0.6) is 0 Å². The Morgan fingerprint density at radius 3 is 2.94 bits per heavy atom. The van der Waals surface area contributed by atoms with Crippen LogP contribution in [0.1, 0.15) is 0 Å². The van der Waals surface area contributed by atoms with Crippen molar-refractivity contribution in [3.8, 4) is 11.4 Å². The van der Waals surface area contributed by atoms with Gasteiger partial charge in [0, 0.05) is 5.39 Å². The Hall–Kier alpha value is -2.62. The number of fused-ring (bicyclic) bond motifs is 3. The number of aromatic amines is 1. The number of nitrogens with zero attached hydrogens (tertiary/aromatic N) is 2. The lowest BCUT2D eigenvalue weighted by atomic mass is 10.2. The molecule has 0 atom stereocenters. The largest absolute Gasteiger partial charge is 0.472 e. The van der Waals surface area contributed by atoms with Gasteiger partial charge in [0.25, 0.3) is 0 Å². The van der Waals surface area contributed by atoms with Gasteiger partial charge in [-0.15, -0.1) is 0 Å². The van der Waals surface area contributed by atoms with Crippen molar-refractivity contribution >= 4 is 21.9 Å². The van der Waals surface area contributed by atoms with E-state index < -0.39 is 0 Å². The Kier molecular flexibility index (Phi) is 1.80. The number of H-pyrrole nitrogens is 1. The Balaban J connectivity index is 2.08. The van der Waals surface area contributed by atoms with Gasteiger partial charge >= 0.3 is 0 Å². The highest BCUT2D eigenvalue weighted by Gasteiger charge is 2.09. The third-order valence-electron chi connectivity index (χ3n) is 3.02. The summed E-state index contributed by atoms with van der Waals surface area (Å²) in [6, 6.07) is 9.87. The summed E-state index contributed by atoms with van der Waals surface area (Å²) in [5.74, 6) is 0.803. The lowest BCUT2D eigenvalue weighted by Gasteiger charge is -1.95. The Morgan fingerprint density at radius 1 is 1.11 bits per heavy atom. The SMILES string of the molecule is c1ccc2c(c1)ncc1[nH]c(-c3ccoc3)nc12. The first-order valence-electron chi connectivity index (χ1n) is 5.68. The predicted molar refractivity (Wildman–Crippen MR) is 69.1 cm³/mol. The highest BCUT2D eigenvalue weighted by Crippen LogP contribution is 2.25. The smallest absolute Gasteiger partial charge is 0.141 e. The normalized spacial score (nSPS) is 11.3. The van der Waals surface area contributed by atoms with Crippen LogP contribution < -0.4 is 0 Å². The summed E-state index contributed by atoms with van der Waals surface area (Å²) in [4.78, 5) is 12.3. The molecule has 86 valence electrons. The van der Waals surface area contributed by atoms with Crippen molar-refractivity contribution in [3.63, 3.8) is 0 Å². The maximum Gasteiger partial charge on any atom is 0.141 e. The van der Waals surface area contributed by atoms with Crippen molar-refractivity contribution in [2.45, 2.75) is 0 Å². The molecule has 4 heteroatoms. The number of hydrogen-bond donors (Lipinski definition) is 1. The molecule has 0 aliphatic carbocycles. The molecule has 0 spiro atoms. The predicted octanol–water partition coefficient (Wildman–Crippen LogP) is 3.37. The lowest BCUT2D eigenvalue weighted by Crippen LogP contribution is -1.79. The molecule has 1 N–H and O–H groups in total. The molecular weight excluding hydrogens is 226 g/mol. The molecule has 0 bridgehead atoms. The topological polar surface area (TPSA) is 54.7 Å². The first-order valence-corrected chi connectivity index (χ1v) is 5.68. The fraction of sp³-hybridized carbons (Fsp3) is 0. The monoisotopic (exact) mass is 235 g/mol. The van der Waals surface area contributed by atoms with Crippen LogP contribution in [0.2, 0.25) is 0 Å². The van der Waals surface area contributed by atoms with Gasteiger partial charge in [0.15, 0.2) is 0 Å². The number of nitrogens with one attached hydrogen (secondary N) is 1. The molecule has 0 aliphatic heterocycles. The molecule has 0 saturated heterocycles. The number of imidazole rings is 1. The van der Waals surface area contributed by atoms with Gasteiger partial charge in [-0.1, -0.05) is 18.2 Å². The van der Waals surface area contributed by atoms with E-state index in [0.29, 0.717) is 0 Å². The van der Waals surface area contributed by atoms with Crippen molar-refractivity contribution in [2.75, 3.05) is 0 Å². The molecule has 0 fully saturated rings. The average molecular weight is 235 g/mol. The van der Waals surface area contributed by atoms with Crippen LogP contribution in [0.25, 0.3) is 33.3 Å². The Labute approximate surface area is 102 Å². The molecule has 4 rings (SSSR count). The average Bonchev–Trinajstić information content (AvgIpc) is 3.07. The summed E-state index contributed by atoms with van der Waals surface area (Å²) >= 11 is 0. The summed E-state index contributed by atoms with van der Waals surface area (Å²) in [6.07, 6.45) is 5.13. The second-order valence-corrected chi connectivity index (χ2v) is 4.14. The van der Waals surface area contributed by atoms with Gasteiger partial charge in [-0.2, -0.15) is 0 Å². The minimum absolute atomic E-state index is 0.803. The number of benzene rings is 1. The lowest BCUT2D eigenvalue weighted by molar-refractivity contribution is 0.568. The van der Waals surface area contributed by atoms with Crippen LogP contribution in [0.3, 0.4) is 0 Å². The van der Waals surface area contributed by atoms with Crippen LogP contribution in [-0.4, -0.2) is 15.0 Å². The first-order chi connectivity index (χ1) is 8.92. The molecular formula is C14H9N3O. The molecule has 0 radical (unpaired) electrons. The summed E-state index contributed by atoms with van der Waals surface area (Å²) in [5.41, 5.74) is 3.77. The number of hydrogen-bond acceptors (Lipinski definition) is 3. The second-order valence-electron chi connectivity index (χ2n) is 4.14. The van der Waals surface area contributed by atoms with E-state index in [-0.39, 0.29) is 0 Å². The van der Waals surface area contributed by atoms with E-state index in [0.717, 1.165) is 33.3 Å². The number of aromatic nitrogens is 3. The summed E-state index contributed by atoms with van der Waals surface area (Å²) in [5, 5.41) is 1.06. The van der Waals surface area contributed by atoms with Gasteiger partial charge in [-0.25, -0.2) is 4.98 Å². The molecule has 4 nitrogen and oxygen atoms in total. The maximum absolute atomic E-state index is 5.08. The highest BCUT2D eigenvalue weighted by molar-refractivity contribution is 6.02. The molecule has 3 aromatic heterocycles. The van der Waals surface area contributed by atoms with Gasteiger partial charge in [-0.3, -0.25) is 4.98 Å². The van der Waals surface area contributed by atoms with Gasteiger partial charge in [-0.05, 0) is 12.1 Å². The van der Waals surface area contributed by atoms with E-state index in [9.17, 15) is 0 Å². The molecule has 0 amide bonds. The minimum atomic E-state index is 0.803. The number of rotatable bonds is 1. The van der Waals surface area contributed by atoms with Crippen LogP contribution in [0.15, 0.2) is 53.5 Å². The zero-order valence-corrected chi connectivity index (χ0v) is 9.42. The van der Waals surface area contributed by atoms with E-state index >= 15 is 0 Å². The number of para-hydroxylation sites is 1. The van der Waals surface area contributed by atoms with Crippen molar-refractivity contribution in [2.24, 2.45) is 0 Å². The quantitative estimate of drug-likeness (QED) is 0.550. The van der Waals surface area contributed by atoms with Crippen molar-refractivity contribution in [1.82, 2.24) is 15.0 Å². The Bertz CT molecular complexity index is 831. The summed E-state index contributed by atoms with van der Waals surface area (Å²) < 4.78 is 5.08. The maximum atomic E-state index is 5.08. The molecule has 1 aromatic carbocycles. The van der Waals surface area contributed by atoms with Crippen LogP contribution in [0.4, 0.5) is 0 Å². The highest BCUT2D eigenvalue weighted by atomic mass is 16.3. The Morgan fingerprint density at radius 2 is 2.06 bits per heavy atom. The van der Waals surface area contributed by atoms with Gasteiger partial charge in [0.2, 0.25) is 0 Å². The van der Waals surface area contributed by atoms with Crippen molar-refractivity contribution < 1.29 is 4.42 Å². The van der Waals surface area contributed by atoms with Crippen LogP contribution in [0, 0.1) is 0 Å². The van der Waals surface area contributed by atoms with E-state index in [2.05, 4.69) is 15.0 Å². The molecule has 3 heterocycles. The fourth-order valence-electron chi connectivity index (χ4n) is 2.14. The minimum Gasteiger partial charge on any atom is -0.472 e. The summed E-state index contributed by atoms with van der Waals surface area (Å²) in [6.45, 7) is 0. The van der Waals surface area contributed by atoms with E-state index in [1.54, 1.807) is 12.5 Å². The van der Waals surface area contributed by atoms with Crippen LogP contribution in [-0.2, 0) is 0 Å². The van der Waals surface area contributed by atoms with Crippen molar-refractivity contribution in [3.05, 3.63) is 49.1 Å². The molecule has 0 aliphatic rings. The third-order valence-corrected chi connectivity index (χ3v) is 3.02. The third kappa shape index (κ3) is 1.26. The first kappa shape index (κ1) is 9.41. The summed E-state index contributed by atoms with van der Waals surface area (Å²) in [7, 11) is 0. The molecule has 4 aromatic rings. The number of furan rings is 1. The van der Waals surface area contributed by atoms with E-state index in [4.69, 9.17) is 4.42 Å². The van der Waals surface area contributed by atoms with E-state index in [1.165, 1.54) is 0 Å². The van der Waals surface area contributed by atoms with Gasteiger partial charge < -0.3 is 9.40 Å².